The fourth-order valence-corrected chi connectivity index (χ4v) is 2.04. The van der Waals surface area contributed by atoms with Crippen molar-refractivity contribution in [2.24, 2.45) is 5.92 Å². The van der Waals surface area contributed by atoms with Gasteiger partial charge in [-0.25, -0.2) is 4.98 Å². The number of amides is 1. The predicted octanol–water partition coefficient (Wildman–Crippen LogP) is 3.33. The molecular weight excluding hydrogens is 250 g/mol. The van der Waals surface area contributed by atoms with Gasteiger partial charge in [0.05, 0.1) is 0 Å². The van der Waals surface area contributed by atoms with E-state index in [4.69, 9.17) is 0 Å². The molecule has 0 saturated heterocycles. The molecule has 0 aliphatic carbocycles. The molecule has 1 aromatic rings. The smallest absolute Gasteiger partial charge is 0.253 e. The third-order valence-electron chi connectivity index (χ3n) is 3.39. The summed E-state index contributed by atoms with van der Waals surface area (Å²) >= 11 is 0. The molecule has 0 aromatic carbocycles. The standard InChI is InChI=1S/C16H27N3O/c1-6-8-17-15-10-14(9-13(4)18-15)16(20)19(5)11-12(3)7-2/h9-10,12H,6-8,11H2,1-5H3,(H,17,18). The largest absolute Gasteiger partial charge is 0.370 e. The van der Waals surface area contributed by atoms with Gasteiger partial charge in [-0.15, -0.1) is 0 Å². The molecule has 112 valence electrons. The van der Waals surface area contributed by atoms with Gasteiger partial charge in [0.25, 0.3) is 5.91 Å². The highest BCUT2D eigenvalue weighted by Gasteiger charge is 2.15. The lowest BCUT2D eigenvalue weighted by atomic mass is 10.1. The van der Waals surface area contributed by atoms with Gasteiger partial charge in [0, 0.05) is 31.4 Å². The molecule has 1 unspecified atom stereocenters. The Labute approximate surface area is 122 Å². The third-order valence-corrected chi connectivity index (χ3v) is 3.39. The number of hydrogen-bond donors (Lipinski definition) is 1. The third kappa shape index (κ3) is 4.83. The fraction of sp³-hybridized carbons (Fsp3) is 0.625. The van der Waals surface area contributed by atoms with Gasteiger partial charge in [0.15, 0.2) is 0 Å². The Morgan fingerprint density at radius 2 is 2.10 bits per heavy atom. The number of aromatic nitrogens is 1. The number of carbonyl (C=O) groups excluding carboxylic acids is 1. The van der Waals surface area contributed by atoms with Crippen LogP contribution in [0.25, 0.3) is 0 Å². The normalized spacial score (nSPS) is 12.1. The van der Waals surface area contributed by atoms with Crippen molar-refractivity contribution in [1.82, 2.24) is 9.88 Å². The van der Waals surface area contributed by atoms with E-state index in [1.54, 1.807) is 4.90 Å². The number of carbonyl (C=O) groups is 1. The van der Waals surface area contributed by atoms with Gasteiger partial charge in [0.1, 0.15) is 5.82 Å². The van der Waals surface area contributed by atoms with Crippen LogP contribution in [0.1, 0.15) is 49.7 Å². The van der Waals surface area contributed by atoms with Crippen molar-refractivity contribution in [2.75, 3.05) is 25.5 Å². The first kappa shape index (κ1) is 16.5. The van der Waals surface area contributed by atoms with Crippen LogP contribution in [-0.2, 0) is 0 Å². The molecule has 1 atom stereocenters. The van der Waals surface area contributed by atoms with Crippen molar-refractivity contribution < 1.29 is 4.79 Å². The first-order valence-corrected chi connectivity index (χ1v) is 7.45. The minimum absolute atomic E-state index is 0.0651. The summed E-state index contributed by atoms with van der Waals surface area (Å²) in [6.45, 7) is 9.99. The van der Waals surface area contributed by atoms with Crippen LogP contribution in [0.3, 0.4) is 0 Å². The lowest BCUT2D eigenvalue weighted by molar-refractivity contribution is 0.0774. The summed E-state index contributed by atoms with van der Waals surface area (Å²) in [4.78, 5) is 18.7. The molecule has 4 nitrogen and oxygen atoms in total. The van der Waals surface area contributed by atoms with Gasteiger partial charge >= 0.3 is 0 Å². The molecular formula is C16H27N3O. The van der Waals surface area contributed by atoms with Crippen molar-refractivity contribution in [3.05, 3.63) is 23.4 Å². The van der Waals surface area contributed by atoms with Crippen LogP contribution in [0, 0.1) is 12.8 Å². The molecule has 4 heteroatoms. The van der Waals surface area contributed by atoms with Gasteiger partial charge in [-0.1, -0.05) is 27.2 Å². The average molecular weight is 277 g/mol. The summed E-state index contributed by atoms with van der Waals surface area (Å²) in [6, 6.07) is 3.70. The predicted molar refractivity (Wildman–Crippen MR) is 84.2 cm³/mol. The number of anilines is 1. The second-order valence-corrected chi connectivity index (χ2v) is 5.51. The summed E-state index contributed by atoms with van der Waals surface area (Å²) in [5.41, 5.74) is 1.58. The lowest BCUT2D eigenvalue weighted by Crippen LogP contribution is -2.31. The van der Waals surface area contributed by atoms with E-state index in [2.05, 4.69) is 31.1 Å². The number of rotatable bonds is 7. The maximum atomic E-state index is 12.4. The Kier molecular flexibility index (Phi) is 6.49. The van der Waals surface area contributed by atoms with Crippen molar-refractivity contribution >= 4 is 11.7 Å². The van der Waals surface area contributed by atoms with Crippen LogP contribution in [0.4, 0.5) is 5.82 Å². The molecule has 1 amide bonds. The lowest BCUT2D eigenvalue weighted by Gasteiger charge is -2.21. The summed E-state index contributed by atoms with van der Waals surface area (Å²) in [5.74, 6) is 1.37. The Morgan fingerprint density at radius 3 is 2.70 bits per heavy atom. The summed E-state index contributed by atoms with van der Waals surface area (Å²) in [5, 5.41) is 3.24. The molecule has 20 heavy (non-hydrogen) atoms. The molecule has 0 spiro atoms. The van der Waals surface area contributed by atoms with Crippen LogP contribution >= 0.6 is 0 Å². The zero-order valence-corrected chi connectivity index (χ0v) is 13.4. The second kappa shape index (κ2) is 7.88. The molecule has 0 radical (unpaired) electrons. The number of pyridine rings is 1. The number of nitrogens with zero attached hydrogens (tertiary/aromatic N) is 2. The first-order chi connectivity index (χ1) is 9.47. The van der Waals surface area contributed by atoms with E-state index in [0.29, 0.717) is 11.5 Å². The van der Waals surface area contributed by atoms with Crippen molar-refractivity contribution in [3.8, 4) is 0 Å². The highest BCUT2D eigenvalue weighted by Crippen LogP contribution is 2.13. The van der Waals surface area contributed by atoms with Crippen molar-refractivity contribution in [3.63, 3.8) is 0 Å². The quantitative estimate of drug-likeness (QED) is 0.831. The second-order valence-electron chi connectivity index (χ2n) is 5.51. The van der Waals surface area contributed by atoms with Gasteiger partial charge in [-0.3, -0.25) is 4.79 Å². The number of aryl methyl sites for hydroxylation is 1. The van der Waals surface area contributed by atoms with Crippen LogP contribution in [0.15, 0.2) is 12.1 Å². The molecule has 1 N–H and O–H groups in total. The van der Waals surface area contributed by atoms with E-state index in [1.807, 2.05) is 26.1 Å². The molecule has 0 saturated carbocycles. The SMILES string of the molecule is CCCNc1cc(C(=O)N(C)CC(C)CC)cc(C)n1. The van der Waals surface area contributed by atoms with Gasteiger partial charge in [0.2, 0.25) is 0 Å². The topological polar surface area (TPSA) is 45.2 Å². The molecule has 0 aliphatic rings. The van der Waals surface area contributed by atoms with Crippen LogP contribution in [0.2, 0.25) is 0 Å². The fourth-order valence-electron chi connectivity index (χ4n) is 2.04. The van der Waals surface area contributed by atoms with Gasteiger partial charge in [-0.2, -0.15) is 0 Å². The van der Waals surface area contributed by atoms with E-state index in [-0.39, 0.29) is 5.91 Å². The molecule has 1 aromatic heterocycles. The number of nitrogens with one attached hydrogen (secondary N) is 1. The van der Waals surface area contributed by atoms with Crippen molar-refractivity contribution in [1.29, 1.82) is 0 Å². The molecule has 0 aliphatic heterocycles. The Hall–Kier alpha value is -1.58. The first-order valence-electron chi connectivity index (χ1n) is 7.45. The Bertz CT molecular complexity index is 445. The van der Waals surface area contributed by atoms with Crippen LogP contribution in [0.5, 0.6) is 0 Å². The van der Waals surface area contributed by atoms with E-state index >= 15 is 0 Å². The van der Waals surface area contributed by atoms with E-state index < -0.39 is 0 Å². The zero-order chi connectivity index (χ0) is 15.1. The van der Waals surface area contributed by atoms with Gasteiger partial charge in [-0.05, 0) is 31.4 Å². The summed E-state index contributed by atoms with van der Waals surface area (Å²) < 4.78 is 0. The molecule has 0 bridgehead atoms. The zero-order valence-electron chi connectivity index (χ0n) is 13.4. The highest BCUT2D eigenvalue weighted by atomic mass is 16.2. The molecule has 1 heterocycles. The Balaban J connectivity index is 2.83. The minimum Gasteiger partial charge on any atom is -0.370 e. The summed E-state index contributed by atoms with van der Waals surface area (Å²) in [6.07, 6.45) is 2.11. The minimum atomic E-state index is 0.0651. The Morgan fingerprint density at radius 1 is 1.40 bits per heavy atom. The maximum Gasteiger partial charge on any atom is 0.253 e. The maximum absolute atomic E-state index is 12.4. The molecule has 1 rings (SSSR count). The molecule has 0 fully saturated rings. The van der Waals surface area contributed by atoms with Crippen LogP contribution < -0.4 is 5.32 Å². The highest BCUT2D eigenvalue weighted by molar-refractivity contribution is 5.94. The van der Waals surface area contributed by atoms with Crippen molar-refractivity contribution in [2.45, 2.75) is 40.5 Å². The number of hydrogen-bond acceptors (Lipinski definition) is 3. The summed E-state index contributed by atoms with van der Waals surface area (Å²) in [7, 11) is 1.86. The van der Waals surface area contributed by atoms with E-state index in [0.717, 1.165) is 37.4 Å². The van der Waals surface area contributed by atoms with Crippen LogP contribution in [-0.4, -0.2) is 35.9 Å². The average Bonchev–Trinajstić information content (AvgIpc) is 2.43. The van der Waals surface area contributed by atoms with E-state index in [1.165, 1.54) is 0 Å². The monoisotopic (exact) mass is 277 g/mol. The van der Waals surface area contributed by atoms with E-state index in [9.17, 15) is 4.79 Å². The van der Waals surface area contributed by atoms with Gasteiger partial charge < -0.3 is 10.2 Å².